The fourth-order valence-electron chi connectivity index (χ4n) is 4.09. The number of anilines is 1. The molecule has 0 heterocycles. The van der Waals surface area contributed by atoms with Crippen molar-refractivity contribution in [2.45, 2.75) is 44.8 Å². The van der Waals surface area contributed by atoms with E-state index in [0.29, 0.717) is 28.5 Å². The Morgan fingerprint density at radius 2 is 1.61 bits per heavy atom. The van der Waals surface area contributed by atoms with E-state index in [1.54, 1.807) is 48.5 Å². The van der Waals surface area contributed by atoms with Crippen LogP contribution in [0.3, 0.4) is 0 Å². The zero-order valence-electron chi connectivity index (χ0n) is 20.8. The largest absolute Gasteiger partial charge is 0.489 e. The van der Waals surface area contributed by atoms with Crippen molar-refractivity contribution in [3.05, 3.63) is 94.5 Å². The van der Waals surface area contributed by atoms with Crippen molar-refractivity contribution in [2.24, 2.45) is 5.10 Å². The molecule has 0 unspecified atom stereocenters. The second-order valence-electron chi connectivity index (χ2n) is 8.99. The van der Waals surface area contributed by atoms with Gasteiger partial charge < -0.3 is 15.4 Å². The van der Waals surface area contributed by atoms with Gasteiger partial charge in [0, 0.05) is 11.1 Å². The molecule has 0 spiro atoms. The predicted molar refractivity (Wildman–Crippen MR) is 147 cm³/mol. The molecule has 3 amide bonds. The lowest BCUT2D eigenvalue weighted by atomic mass is 9.95. The highest BCUT2D eigenvalue weighted by Crippen LogP contribution is 2.20. The number of rotatable bonds is 8. The number of carbonyl (C=O) groups excluding carboxylic acids is 3. The smallest absolute Gasteiger partial charge is 0.329 e. The highest BCUT2D eigenvalue weighted by Gasteiger charge is 2.20. The molecule has 3 aromatic carbocycles. The first-order valence-corrected chi connectivity index (χ1v) is 12.9. The third-order valence-electron chi connectivity index (χ3n) is 6.15. The molecule has 1 aliphatic carbocycles. The Morgan fingerprint density at radius 3 is 2.34 bits per heavy atom. The Morgan fingerprint density at radius 1 is 0.895 bits per heavy atom. The molecule has 196 valence electrons. The van der Waals surface area contributed by atoms with E-state index in [9.17, 15) is 14.4 Å². The normalized spacial score (nSPS) is 13.6. The Bertz CT molecular complexity index is 1290. The number of hydrogen-bond acceptors (Lipinski definition) is 5. The predicted octanol–water partition coefficient (Wildman–Crippen LogP) is 5.07. The maximum atomic E-state index is 12.8. The molecule has 0 aliphatic heterocycles. The average Bonchev–Trinajstić information content (AvgIpc) is 2.94. The molecular formula is C29H29ClN4O4. The van der Waals surface area contributed by atoms with Crippen LogP contribution in [-0.4, -0.2) is 30.0 Å². The first-order chi connectivity index (χ1) is 18.5. The molecule has 9 heteroatoms. The molecule has 1 saturated carbocycles. The highest BCUT2D eigenvalue weighted by atomic mass is 35.5. The highest BCUT2D eigenvalue weighted by molar-refractivity contribution is 6.40. The molecule has 1 fully saturated rings. The molecular weight excluding hydrogens is 504 g/mol. The zero-order valence-corrected chi connectivity index (χ0v) is 21.5. The van der Waals surface area contributed by atoms with Crippen LogP contribution in [0.2, 0.25) is 5.02 Å². The monoisotopic (exact) mass is 532 g/mol. The van der Waals surface area contributed by atoms with Crippen LogP contribution < -0.4 is 20.8 Å². The van der Waals surface area contributed by atoms with Gasteiger partial charge in [0.05, 0.1) is 17.5 Å². The van der Waals surface area contributed by atoms with E-state index >= 15 is 0 Å². The molecule has 0 bridgehead atoms. The van der Waals surface area contributed by atoms with Gasteiger partial charge in [0.2, 0.25) is 0 Å². The lowest BCUT2D eigenvalue weighted by molar-refractivity contribution is -0.136. The fourth-order valence-corrected chi connectivity index (χ4v) is 4.22. The Balaban J connectivity index is 1.26. The van der Waals surface area contributed by atoms with E-state index in [0.717, 1.165) is 31.2 Å². The second kappa shape index (κ2) is 13.4. The summed E-state index contributed by atoms with van der Waals surface area (Å²) in [4.78, 5) is 37.4. The molecule has 3 aromatic rings. The van der Waals surface area contributed by atoms with Crippen molar-refractivity contribution in [1.82, 2.24) is 10.7 Å². The summed E-state index contributed by atoms with van der Waals surface area (Å²) in [5.41, 5.74) is 4.47. The van der Waals surface area contributed by atoms with Crippen molar-refractivity contribution >= 4 is 41.2 Å². The summed E-state index contributed by atoms with van der Waals surface area (Å²) >= 11 is 5.89. The van der Waals surface area contributed by atoms with Crippen LogP contribution in [0.4, 0.5) is 5.69 Å². The molecule has 8 nitrogen and oxygen atoms in total. The fraction of sp³-hybridized carbons (Fsp3) is 0.241. The van der Waals surface area contributed by atoms with E-state index in [2.05, 4.69) is 21.2 Å². The van der Waals surface area contributed by atoms with Crippen LogP contribution in [0.5, 0.6) is 5.75 Å². The minimum Gasteiger partial charge on any atom is -0.489 e. The van der Waals surface area contributed by atoms with Crippen molar-refractivity contribution in [1.29, 1.82) is 0 Å². The van der Waals surface area contributed by atoms with Gasteiger partial charge in [0.15, 0.2) is 0 Å². The number of nitrogens with one attached hydrogen (secondary N) is 3. The third kappa shape index (κ3) is 7.91. The number of amides is 3. The Hall–Kier alpha value is -4.17. The van der Waals surface area contributed by atoms with Crippen LogP contribution in [0.1, 0.15) is 53.6 Å². The van der Waals surface area contributed by atoms with E-state index in [-0.39, 0.29) is 17.6 Å². The first-order valence-electron chi connectivity index (χ1n) is 12.5. The number of benzene rings is 3. The summed E-state index contributed by atoms with van der Waals surface area (Å²) in [6, 6.07) is 21.2. The van der Waals surface area contributed by atoms with Crippen LogP contribution in [0, 0.1) is 0 Å². The van der Waals surface area contributed by atoms with E-state index < -0.39 is 11.8 Å². The number of ether oxygens (including phenoxy) is 1. The molecule has 0 saturated heterocycles. The van der Waals surface area contributed by atoms with E-state index in [1.807, 2.05) is 24.3 Å². The topological polar surface area (TPSA) is 109 Å². The summed E-state index contributed by atoms with van der Waals surface area (Å²) in [6.45, 7) is 0.404. The summed E-state index contributed by atoms with van der Waals surface area (Å²) < 4.78 is 5.75. The van der Waals surface area contributed by atoms with Gasteiger partial charge in [-0.2, -0.15) is 5.10 Å². The number of hydrogen-bond donors (Lipinski definition) is 3. The molecule has 0 aromatic heterocycles. The van der Waals surface area contributed by atoms with E-state index in [1.165, 1.54) is 12.6 Å². The van der Waals surface area contributed by atoms with E-state index in [4.69, 9.17) is 16.3 Å². The Kier molecular flexibility index (Phi) is 9.48. The molecule has 1 aliphatic rings. The van der Waals surface area contributed by atoms with Gasteiger partial charge in [-0.25, -0.2) is 5.43 Å². The van der Waals surface area contributed by atoms with Gasteiger partial charge in [-0.15, -0.1) is 0 Å². The summed E-state index contributed by atoms with van der Waals surface area (Å²) in [6.07, 6.45) is 6.67. The molecule has 0 atom stereocenters. The van der Waals surface area contributed by atoms with Crippen molar-refractivity contribution in [2.75, 3.05) is 5.32 Å². The quantitative estimate of drug-likeness (QED) is 0.214. The number of hydrazone groups is 1. The van der Waals surface area contributed by atoms with Crippen molar-refractivity contribution < 1.29 is 19.1 Å². The van der Waals surface area contributed by atoms with Crippen LogP contribution in [0.25, 0.3) is 0 Å². The lowest BCUT2D eigenvalue weighted by Gasteiger charge is -2.23. The molecule has 38 heavy (non-hydrogen) atoms. The maximum absolute atomic E-state index is 12.8. The zero-order chi connectivity index (χ0) is 26.7. The van der Waals surface area contributed by atoms with Crippen molar-refractivity contribution in [3.63, 3.8) is 0 Å². The van der Waals surface area contributed by atoms with Crippen LogP contribution in [0.15, 0.2) is 77.9 Å². The minimum absolute atomic E-state index is 0.127. The third-order valence-corrected chi connectivity index (χ3v) is 6.40. The van der Waals surface area contributed by atoms with Gasteiger partial charge in [-0.05, 0) is 72.5 Å². The number of carbonyl (C=O) groups is 3. The second-order valence-corrected chi connectivity index (χ2v) is 9.43. The van der Waals surface area contributed by atoms with Gasteiger partial charge in [-0.3, -0.25) is 14.4 Å². The Labute approximate surface area is 226 Å². The summed E-state index contributed by atoms with van der Waals surface area (Å²) in [5, 5.41) is 10.1. The molecule has 4 rings (SSSR count). The first kappa shape index (κ1) is 26.9. The maximum Gasteiger partial charge on any atom is 0.329 e. The van der Waals surface area contributed by atoms with Crippen molar-refractivity contribution in [3.8, 4) is 5.75 Å². The molecule has 3 N–H and O–H groups in total. The standard InChI is InChI=1S/C29H29ClN4O4/c30-22-14-10-21(11-15-22)19-38-24-16-12-20(13-17-24)18-31-34-29(37)28(36)33-26-9-5-4-8-25(26)27(35)32-23-6-2-1-3-7-23/h4-5,8-18,23H,1-3,6-7,19H2,(H,32,35)(H,33,36)(H,34,37)/b31-18-. The van der Waals surface area contributed by atoms with Gasteiger partial charge in [-0.1, -0.05) is 55.1 Å². The minimum atomic E-state index is -0.952. The lowest BCUT2D eigenvalue weighted by Crippen LogP contribution is -2.37. The summed E-state index contributed by atoms with van der Waals surface area (Å²) in [7, 11) is 0. The van der Waals surface area contributed by atoms with Gasteiger partial charge in [0.1, 0.15) is 12.4 Å². The number of nitrogens with zero attached hydrogens (tertiary/aromatic N) is 1. The van der Waals surface area contributed by atoms with Gasteiger partial charge >= 0.3 is 11.8 Å². The number of para-hydroxylation sites is 1. The molecule has 0 radical (unpaired) electrons. The average molecular weight is 533 g/mol. The van der Waals surface area contributed by atoms with Gasteiger partial charge in [0.25, 0.3) is 5.91 Å². The van der Waals surface area contributed by atoms with Crippen LogP contribution >= 0.6 is 11.6 Å². The number of halogens is 1. The summed E-state index contributed by atoms with van der Waals surface area (Å²) in [5.74, 6) is -1.48. The SMILES string of the molecule is O=C(N/N=C\c1ccc(OCc2ccc(Cl)cc2)cc1)C(=O)Nc1ccccc1C(=O)NC1CCCCC1. The van der Waals surface area contributed by atoms with Crippen LogP contribution in [-0.2, 0) is 16.2 Å².